The molecule has 6 nitrogen and oxygen atoms in total. The number of hydrogen-bond donors (Lipinski definition) is 0. The summed E-state index contributed by atoms with van der Waals surface area (Å²) < 4.78 is 4.93. The van der Waals surface area contributed by atoms with E-state index in [9.17, 15) is 0 Å². The van der Waals surface area contributed by atoms with Crippen molar-refractivity contribution in [3.05, 3.63) is 231 Å². The molecule has 0 unspecified atom stereocenters. The van der Waals surface area contributed by atoms with Crippen molar-refractivity contribution in [1.82, 2.24) is 29.9 Å². The number of nitrogens with zero attached hydrogens (tertiary/aromatic N) is 6. The Kier molecular flexibility index (Phi) is 10.6. The Morgan fingerprint density at radius 1 is 0.231 bits per heavy atom. The second-order valence-electron chi connectivity index (χ2n) is 19.3. The van der Waals surface area contributed by atoms with Crippen LogP contribution in [0.25, 0.3) is 160 Å². The molecule has 0 aliphatic heterocycles. The molecule has 0 fully saturated rings. The monoisotopic (exact) mass is 1070 g/mol. The average Bonchev–Trinajstić information content (AvgIpc) is 4.39. The minimum absolute atomic E-state index is 0.873. The molecule has 0 spiro atoms. The van der Waals surface area contributed by atoms with Crippen LogP contribution in [0.1, 0.15) is 0 Å². The Morgan fingerprint density at radius 2 is 0.500 bits per heavy atom. The molecule has 0 aliphatic carbocycles. The van der Waals surface area contributed by atoms with Gasteiger partial charge in [0.05, 0.1) is 33.1 Å². The summed E-state index contributed by atoms with van der Waals surface area (Å²) in [5.41, 5.74) is 19.2. The van der Waals surface area contributed by atoms with Crippen molar-refractivity contribution >= 4 is 119 Å². The van der Waals surface area contributed by atoms with Gasteiger partial charge in [-0.1, -0.05) is 158 Å². The predicted molar refractivity (Wildman–Crippen MR) is 331 cm³/mol. The Bertz CT molecular complexity index is 4510. The molecular weight excluding hydrogens is 1030 g/mol. The lowest BCUT2D eigenvalue weighted by Crippen LogP contribution is -1.89. The lowest BCUT2D eigenvalue weighted by atomic mass is 9.92. The van der Waals surface area contributed by atoms with Crippen LogP contribution >= 0.6 is 45.3 Å². The highest BCUT2D eigenvalue weighted by atomic mass is 32.1. The molecule has 7 heterocycles. The molecule has 0 N–H and O–H groups in total. The van der Waals surface area contributed by atoms with E-state index in [2.05, 4.69) is 192 Å². The number of hydrogen-bond acceptors (Lipinski definition) is 10. The number of aromatic nitrogens is 6. The van der Waals surface area contributed by atoms with Crippen LogP contribution in [0.15, 0.2) is 231 Å². The summed E-state index contributed by atoms with van der Waals surface area (Å²) in [6, 6.07) is 70.2. The standard InChI is InChI=1S/C68H38N6S4/c1-5-15-39(16-6-1)57-47-35-53(43-23-13-25-51-61(43)71-31-29-69-51)75-65(47)59(41-19-9-3-10-20-41)49-37-55(77-67(49)57)45-27-28-46(64-63(45)73-33-34-74-64)56-38-50-60(42-21-11-4-12-22-42)66-48(58(68(50)78-56)40-17-7-2-8-18-40)36-54(76-66)44-24-14-26-52-62(44)72-32-30-70-52/h1-38H. The molecule has 0 bridgehead atoms. The number of para-hydroxylation sites is 2. The molecule has 0 amide bonds. The van der Waals surface area contributed by atoms with E-state index in [1.54, 1.807) is 24.8 Å². The van der Waals surface area contributed by atoms with Gasteiger partial charge in [0.2, 0.25) is 0 Å². The largest absolute Gasteiger partial charge is 0.253 e. The van der Waals surface area contributed by atoms with Gasteiger partial charge >= 0.3 is 0 Å². The molecule has 78 heavy (non-hydrogen) atoms. The van der Waals surface area contributed by atoms with Crippen LogP contribution in [-0.2, 0) is 0 Å². The van der Waals surface area contributed by atoms with Crippen LogP contribution in [0, 0.1) is 0 Å². The van der Waals surface area contributed by atoms with Crippen LogP contribution in [0.3, 0.4) is 0 Å². The summed E-state index contributed by atoms with van der Waals surface area (Å²) in [6.07, 6.45) is 10.8. The Hall–Kier alpha value is -9.16. The van der Waals surface area contributed by atoms with Gasteiger partial charge in [0.15, 0.2) is 0 Å². The third-order valence-electron chi connectivity index (χ3n) is 14.8. The first-order valence-corrected chi connectivity index (χ1v) is 28.9. The number of rotatable bonds is 8. The zero-order valence-electron chi connectivity index (χ0n) is 41.3. The van der Waals surface area contributed by atoms with E-state index in [1.807, 2.05) is 69.9 Å². The Labute approximate surface area is 463 Å². The normalized spacial score (nSPS) is 11.8. The van der Waals surface area contributed by atoms with Crippen LogP contribution in [0.4, 0.5) is 0 Å². The first-order chi connectivity index (χ1) is 38.7. The average molecular weight is 1070 g/mol. The summed E-state index contributed by atoms with van der Waals surface area (Å²) in [4.78, 5) is 34.0. The highest BCUT2D eigenvalue weighted by Crippen LogP contribution is 2.56. The first kappa shape index (κ1) is 45.1. The van der Waals surface area contributed by atoms with Gasteiger partial charge in [0, 0.05) is 142 Å². The molecule has 0 atom stereocenters. The topological polar surface area (TPSA) is 77.3 Å². The van der Waals surface area contributed by atoms with E-state index in [0.717, 1.165) is 74.9 Å². The molecule has 16 aromatic rings. The summed E-state index contributed by atoms with van der Waals surface area (Å²) in [7, 11) is 0. The molecule has 9 aromatic carbocycles. The van der Waals surface area contributed by atoms with Crippen LogP contribution in [0.5, 0.6) is 0 Å². The van der Waals surface area contributed by atoms with Crippen molar-refractivity contribution in [2.75, 3.05) is 0 Å². The molecule has 0 saturated carbocycles. The van der Waals surface area contributed by atoms with E-state index < -0.39 is 0 Å². The first-order valence-electron chi connectivity index (χ1n) is 25.6. The summed E-state index contributed by atoms with van der Waals surface area (Å²) in [6.45, 7) is 0. The van der Waals surface area contributed by atoms with E-state index >= 15 is 0 Å². The van der Waals surface area contributed by atoms with E-state index in [-0.39, 0.29) is 0 Å². The second-order valence-corrected chi connectivity index (χ2v) is 23.5. The Morgan fingerprint density at radius 3 is 0.808 bits per heavy atom. The fraction of sp³-hybridized carbons (Fsp3) is 0. The number of thiophene rings is 4. The maximum atomic E-state index is 5.20. The minimum Gasteiger partial charge on any atom is -0.253 e. The van der Waals surface area contributed by atoms with Gasteiger partial charge in [-0.2, -0.15) is 0 Å². The maximum Gasteiger partial charge on any atom is 0.0979 e. The van der Waals surface area contributed by atoms with Crippen LogP contribution < -0.4 is 0 Å². The lowest BCUT2D eigenvalue weighted by Gasteiger charge is -2.12. The third-order valence-corrected chi connectivity index (χ3v) is 19.6. The van der Waals surface area contributed by atoms with Gasteiger partial charge in [-0.3, -0.25) is 29.9 Å². The van der Waals surface area contributed by atoms with Gasteiger partial charge in [-0.25, -0.2) is 0 Å². The quantitative estimate of drug-likeness (QED) is 0.151. The molecule has 0 radical (unpaired) electrons. The molecule has 0 aliphatic rings. The SMILES string of the molecule is c1ccc(-c2c3cc(-c4ccc(-c5cc6c(-c7ccccc7)c7sc(-c8cccc9nccnc89)cc7c(-c7ccccc7)c6s5)c5nccnc45)sc3c(-c3ccccc3)c3cc(-c4cccc5nccnc45)sc23)cc1. The molecule has 364 valence electrons. The zero-order chi connectivity index (χ0) is 51.3. The van der Waals surface area contributed by atoms with Crippen LogP contribution in [0.2, 0.25) is 0 Å². The van der Waals surface area contributed by atoms with Crippen molar-refractivity contribution in [2.45, 2.75) is 0 Å². The van der Waals surface area contributed by atoms with E-state index in [1.165, 1.54) is 84.9 Å². The highest BCUT2D eigenvalue weighted by molar-refractivity contribution is 7.26. The van der Waals surface area contributed by atoms with Gasteiger partial charge in [-0.05, 0) is 58.7 Å². The molecule has 7 aromatic heterocycles. The smallest absolute Gasteiger partial charge is 0.0979 e. The van der Waals surface area contributed by atoms with Crippen molar-refractivity contribution in [3.8, 4) is 86.3 Å². The minimum atomic E-state index is 0.873. The predicted octanol–water partition coefficient (Wildman–Crippen LogP) is 19.7. The van der Waals surface area contributed by atoms with E-state index in [0.29, 0.717) is 0 Å². The van der Waals surface area contributed by atoms with Gasteiger partial charge in [0.25, 0.3) is 0 Å². The Balaban J connectivity index is 0.920. The van der Waals surface area contributed by atoms with Crippen molar-refractivity contribution in [2.24, 2.45) is 0 Å². The fourth-order valence-electron chi connectivity index (χ4n) is 11.5. The summed E-state index contributed by atoms with van der Waals surface area (Å²) in [5, 5.41) is 4.86. The number of fused-ring (bicyclic) bond motifs is 7. The van der Waals surface area contributed by atoms with E-state index in [4.69, 9.17) is 19.9 Å². The molecular formula is C68H38N6S4. The lowest BCUT2D eigenvalue weighted by molar-refractivity contribution is 1.30. The zero-order valence-corrected chi connectivity index (χ0v) is 44.5. The number of benzene rings is 9. The van der Waals surface area contributed by atoms with Crippen molar-refractivity contribution < 1.29 is 0 Å². The molecule has 10 heteroatoms. The molecule has 0 saturated heterocycles. The van der Waals surface area contributed by atoms with Crippen LogP contribution in [-0.4, -0.2) is 29.9 Å². The third kappa shape index (κ3) is 7.18. The van der Waals surface area contributed by atoms with Gasteiger partial charge in [-0.15, -0.1) is 45.3 Å². The molecule has 16 rings (SSSR count). The maximum absolute atomic E-state index is 5.20. The van der Waals surface area contributed by atoms with Gasteiger partial charge in [0.1, 0.15) is 0 Å². The second kappa shape index (κ2) is 18.3. The highest BCUT2D eigenvalue weighted by Gasteiger charge is 2.27. The van der Waals surface area contributed by atoms with Crippen molar-refractivity contribution in [3.63, 3.8) is 0 Å². The van der Waals surface area contributed by atoms with Crippen molar-refractivity contribution in [1.29, 1.82) is 0 Å². The fourth-order valence-corrected chi connectivity index (χ4v) is 16.6. The summed E-state index contributed by atoms with van der Waals surface area (Å²) >= 11 is 7.33. The van der Waals surface area contributed by atoms with Gasteiger partial charge < -0.3 is 0 Å². The summed E-state index contributed by atoms with van der Waals surface area (Å²) in [5.74, 6) is 0.